The third kappa shape index (κ3) is 4.80. The number of anilines is 1. The van der Waals surface area contributed by atoms with Crippen molar-refractivity contribution < 1.29 is 19.0 Å². The molecule has 0 radical (unpaired) electrons. The van der Waals surface area contributed by atoms with Crippen LogP contribution in [0.25, 0.3) is 0 Å². The average Bonchev–Trinajstić information content (AvgIpc) is 3.24. The van der Waals surface area contributed by atoms with Gasteiger partial charge >= 0.3 is 5.97 Å². The zero-order valence-electron chi connectivity index (χ0n) is 16.3. The van der Waals surface area contributed by atoms with E-state index in [4.69, 9.17) is 16.3 Å². The summed E-state index contributed by atoms with van der Waals surface area (Å²) in [5.74, 6) is -0.941. The van der Waals surface area contributed by atoms with E-state index in [1.165, 1.54) is 24.4 Å². The van der Waals surface area contributed by atoms with Crippen LogP contribution in [0.3, 0.4) is 0 Å². The topological polar surface area (TPSA) is 75.5 Å². The Kier molecular flexibility index (Phi) is 6.38. The molecule has 0 spiro atoms. The summed E-state index contributed by atoms with van der Waals surface area (Å²) in [4.78, 5) is 22.6. The first-order valence-corrected chi connectivity index (χ1v) is 10.8. The Morgan fingerprint density at radius 1 is 1.32 bits per heavy atom. The number of aromatic nitrogens is 2. The number of nitrogens with zero attached hydrogens (tertiary/aromatic N) is 3. The summed E-state index contributed by atoms with van der Waals surface area (Å²) in [6, 6.07) is 12.1. The number of carboxylic acids is 1. The van der Waals surface area contributed by atoms with E-state index in [1.807, 2.05) is 12.1 Å². The van der Waals surface area contributed by atoms with Crippen molar-refractivity contribution >= 4 is 39.4 Å². The first-order valence-electron chi connectivity index (χ1n) is 9.61. The number of aromatic carboxylic acids is 1. The average molecular weight is 507 g/mol. The van der Waals surface area contributed by atoms with E-state index in [2.05, 4.69) is 42.9 Å². The van der Waals surface area contributed by atoms with Crippen LogP contribution < -0.4 is 9.64 Å². The monoisotopic (exact) mass is 505 g/mol. The molecule has 3 aromatic rings. The molecule has 1 aliphatic rings. The number of halogens is 3. The molecule has 1 unspecified atom stereocenters. The van der Waals surface area contributed by atoms with Crippen molar-refractivity contribution in [3.05, 3.63) is 80.8 Å². The maximum Gasteiger partial charge on any atom is 0.339 e. The van der Waals surface area contributed by atoms with Crippen LogP contribution in [0.1, 0.15) is 40.5 Å². The second-order valence-electron chi connectivity index (χ2n) is 7.11. The molecule has 1 saturated heterocycles. The Morgan fingerprint density at radius 2 is 2.16 bits per heavy atom. The molecule has 1 atom stereocenters. The van der Waals surface area contributed by atoms with Crippen LogP contribution in [0.15, 0.2) is 53.1 Å². The van der Waals surface area contributed by atoms with Crippen molar-refractivity contribution in [3.63, 3.8) is 0 Å². The fourth-order valence-electron chi connectivity index (χ4n) is 3.62. The Bertz CT molecular complexity index is 1130. The lowest BCUT2D eigenvalue weighted by atomic mass is 10.1. The van der Waals surface area contributed by atoms with E-state index in [0.29, 0.717) is 11.7 Å². The van der Waals surface area contributed by atoms with Crippen LogP contribution in [-0.4, -0.2) is 27.6 Å². The normalized spacial score (nSPS) is 15.8. The fourth-order valence-corrected chi connectivity index (χ4v) is 4.21. The van der Waals surface area contributed by atoms with Crippen molar-refractivity contribution in [3.8, 4) is 5.75 Å². The largest absolute Gasteiger partial charge is 0.487 e. The summed E-state index contributed by atoms with van der Waals surface area (Å²) >= 11 is 9.30. The molecule has 0 bridgehead atoms. The first-order chi connectivity index (χ1) is 14.9. The lowest BCUT2D eigenvalue weighted by Gasteiger charge is -2.25. The van der Waals surface area contributed by atoms with E-state index in [9.17, 15) is 14.3 Å². The number of ether oxygens (including phenoxy) is 1. The number of hydrogen-bond acceptors (Lipinski definition) is 5. The predicted octanol–water partition coefficient (Wildman–Crippen LogP) is 5.65. The Balaban J connectivity index is 1.61. The molecular formula is C22H18BrClFN3O3. The highest BCUT2D eigenvalue weighted by atomic mass is 79.9. The van der Waals surface area contributed by atoms with Gasteiger partial charge < -0.3 is 14.7 Å². The zero-order chi connectivity index (χ0) is 22.0. The lowest BCUT2D eigenvalue weighted by Crippen LogP contribution is -2.26. The maximum absolute atomic E-state index is 13.4. The van der Waals surface area contributed by atoms with Gasteiger partial charge in [-0.2, -0.15) is 0 Å². The summed E-state index contributed by atoms with van der Waals surface area (Å²) in [5, 5.41) is 9.46. The van der Waals surface area contributed by atoms with Gasteiger partial charge in [0, 0.05) is 23.3 Å². The highest BCUT2D eigenvalue weighted by Gasteiger charge is 2.29. The Labute approximate surface area is 191 Å². The highest BCUT2D eigenvalue weighted by Crippen LogP contribution is 2.35. The van der Waals surface area contributed by atoms with Crippen molar-refractivity contribution in [1.29, 1.82) is 0 Å². The third-order valence-electron chi connectivity index (χ3n) is 5.10. The number of hydrogen-bond donors (Lipinski definition) is 1. The summed E-state index contributed by atoms with van der Waals surface area (Å²) in [6.45, 7) is 0.645. The van der Waals surface area contributed by atoms with Crippen molar-refractivity contribution in [2.75, 3.05) is 11.4 Å². The van der Waals surface area contributed by atoms with Gasteiger partial charge in [-0.1, -0.05) is 39.7 Å². The van der Waals surface area contributed by atoms with Gasteiger partial charge in [0.25, 0.3) is 0 Å². The van der Waals surface area contributed by atoms with E-state index >= 15 is 0 Å². The quantitative estimate of drug-likeness (QED) is 0.466. The molecule has 0 amide bonds. The zero-order valence-corrected chi connectivity index (χ0v) is 18.6. The van der Waals surface area contributed by atoms with Gasteiger partial charge in [-0.25, -0.2) is 19.2 Å². The molecule has 0 aliphatic carbocycles. The smallest absolute Gasteiger partial charge is 0.339 e. The van der Waals surface area contributed by atoms with Gasteiger partial charge in [0.2, 0.25) is 5.95 Å². The second-order valence-corrected chi connectivity index (χ2v) is 8.43. The molecule has 1 aliphatic heterocycles. The van der Waals surface area contributed by atoms with Crippen LogP contribution in [0.2, 0.25) is 5.02 Å². The molecule has 6 nitrogen and oxygen atoms in total. The van der Waals surface area contributed by atoms with Gasteiger partial charge in [-0.3, -0.25) is 0 Å². The Morgan fingerprint density at radius 3 is 2.90 bits per heavy atom. The molecule has 1 N–H and O–H groups in total. The standard InChI is InChI=1S/C22H18BrClFN3O3/c23-14-4-1-3-13(9-14)20-5-2-8-28(20)22-26-11-16(21(29)30)19(27-22)12-31-15-6-7-18(25)17(24)10-15/h1,3-4,6-7,9-11,20H,2,5,8,12H2,(H,29,30). The summed E-state index contributed by atoms with van der Waals surface area (Å²) < 4.78 is 20.0. The minimum Gasteiger partial charge on any atom is -0.487 e. The van der Waals surface area contributed by atoms with Crippen molar-refractivity contribution in [2.24, 2.45) is 0 Å². The molecule has 160 valence electrons. The molecule has 31 heavy (non-hydrogen) atoms. The van der Waals surface area contributed by atoms with Crippen LogP contribution in [0, 0.1) is 5.82 Å². The number of benzene rings is 2. The van der Waals surface area contributed by atoms with Gasteiger partial charge in [-0.05, 0) is 42.7 Å². The molecule has 4 rings (SSSR count). The summed E-state index contributed by atoms with van der Waals surface area (Å²) in [5.41, 5.74) is 1.32. The van der Waals surface area contributed by atoms with Crippen LogP contribution in [0.4, 0.5) is 10.3 Å². The van der Waals surface area contributed by atoms with Crippen molar-refractivity contribution in [1.82, 2.24) is 9.97 Å². The second kappa shape index (κ2) is 9.20. The van der Waals surface area contributed by atoms with E-state index < -0.39 is 11.8 Å². The fraction of sp³-hybridized carbons (Fsp3) is 0.227. The van der Waals surface area contributed by atoms with E-state index in [1.54, 1.807) is 0 Å². The minimum atomic E-state index is -1.15. The number of carbonyl (C=O) groups is 1. The van der Waals surface area contributed by atoms with E-state index in [-0.39, 0.29) is 28.9 Å². The summed E-state index contributed by atoms with van der Waals surface area (Å²) in [6.07, 6.45) is 3.22. The molecule has 1 aromatic heterocycles. The SMILES string of the molecule is O=C(O)c1cnc(N2CCCC2c2cccc(Br)c2)nc1COc1ccc(F)c(Cl)c1. The number of carboxylic acid groups (broad SMARTS) is 1. The predicted molar refractivity (Wildman–Crippen MR) is 118 cm³/mol. The summed E-state index contributed by atoms with van der Waals surface area (Å²) in [7, 11) is 0. The lowest BCUT2D eigenvalue weighted by molar-refractivity contribution is 0.0692. The van der Waals surface area contributed by atoms with Gasteiger partial charge in [0.1, 0.15) is 23.7 Å². The van der Waals surface area contributed by atoms with Crippen LogP contribution in [0.5, 0.6) is 5.75 Å². The first kappa shape index (κ1) is 21.5. The number of rotatable bonds is 6. The minimum absolute atomic E-state index is 0.0461. The Hall–Kier alpha value is -2.71. The highest BCUT2D eigenvalue weighted by molar-refractivity contribution is 9.10. The van der Waals surface area contributed by atoms with Crippen LogP contribution >= 0.6 is 27.5 Å². The molecule has 2 aromatic carbocycles. The maximum atomic E-state index is 13.4. The van der Waals surface area contributed by atoms with E-state index in [0.717, 1.165) is 29.4 Å². The van der Waals surface area contributed by atoms with Gasteiger partial charge in [0.05, 0.1) is 16.8 Å². The van der Waals surface area contributed by atoms with Gasteiger partial charge in [0.15, 0.2) is 0 Å². The molecule has 2 heterocycles. The molecule has 9 heteroatoms. The molecule has 0 saturated carbocycles. The van der Waals surface area contributed by atoms with Crippen LogP contribution in [-0.2, 0) is 6.61 Å². The van der Waals surface area contributed by atoms with Crippen molar-refractivity contribution in [2.45, 2.75) is 25.5 Å². The molecular weight excluding hydrogens is 489 g/mol. The molecule has 1 fully saturated rings. The third-order valence-corrected chi connectivity index (χ3v) is 5.88. The van der Waals surface area contributed by atoms with Gasteiger partial charge in [-0.15, -0.1) is 0 Å².